The van der Waals surface area contributed by atoms with Gasteiger partial charge in [-0.3, -0.25) is 4.79 Å². The second-order valence-corrected chi connectivity index (χ2v) is 2.21. The fraction of sp³-hybridized carbons (Fsp3) is 0.667. The van der Waals surface area contributed by atoms with Gasteiger partial charge in [0.2, 0.25) is 0 Å². The zero-order chi connectivity index (χ0) is 9.98. The van der Waals surface area contributed by atoms with E-state index in [1.54, 1.807) is 6.92 Å². The van der Waals surface area contributed by atoms with Gasteiger partial charge in [-0.2, -0.15) is 0 Å². The monoisotopic (exact) mass is 173 g/mol. The fourth-order valence-corrected chi connectivity index (χ4v) is 0.482. The Morgan fingerprint density at radius 2 is 2.00 bits per heavy atom. The molecule has 0 rings (SSSR count). The molecule has 0 fully saturated rings. The molecule has 12 heavy (non-hydrogen) atoms. The predicted molar refractivity (Wildman–Crippen MR) is 46.4 cm³/mol. The van der Waals surface area contributed by atoms with E-state index in [2.05, 4.69) is 11.3 Å². The van der Waals surface area contributed by atoms with E-state index in [1.165, 1.54) is 6.92 Å². The first kappa shape index (κ1) is 13.6. The van der Waals surface area contributed by atoms with E-state index in [0.717, 1.165) is 6.42 Å². The summed E-state index contributed by atoms with van der Waals surface area (Å²) < 4.78 is 4.40. The molecule has 0 bridgehead atoms. The molecule has 3 nitrogen and oxygen atoms in total. The van der Waals surface area contributed by atoms with Crippen LogP contribution in [0.5, 0.6) is 0 Å². The van der Waals surface area contributed by atoms with Crippen LogP contribution in [0.1, 0.15) is 33.6 Å². The van der Waals surface area contributed by atoms with E-state index in [4.69, 9.17) is 0 Å². The second-order valence-electron chi connectivity index (χ2n) is 2.21. The highest BCUT2D eigenvalue weighted by molar-refractivity contribution is 5.65. The Bertz CT molecular complexity index is 114. The van der Waals surface area contributed by atoms with Crippen LogP contribution in [-0.2, 0) is 9.53 Å². The Labute approximate surface area is 74.0 Å². The van der Waals surface area contributed by atoms with Crippen LogP contribution < -0.4 is 5.11 Å². The number of rotatable bonds is 3. The van der Waals surface area contributed by atoms with Crippen molar-refractivity contribution in [2.75, 3.05) is 6.61 Å². The van der Waals surface area contributed by atoms with Crippen molar-refractivity contribution in [2.24, 2.45) is 0 Å². The molecule has 0 spiro atoms. The first-order valence-electron chi connectivity index (χ1n) is 4.02. The smallest absolute Gasteiger partial charge is 0.302 e. The van der Waals surface area contributed by atoms with Crippen molar-refractivity contribution in [1.29, 1.82) is 0 Å². The van der Waals surface area contributed by atoms with Crippen molar-refractivity contribution in [3.8, 4) is 0 Å². The molecule has 0 aliphatic carbocycles. The zero-order valence-corrected chi connectivity index (χ0v) is 8.05. The van der Waals surface area contributed by atoms with Crippen molar-refractivity contribution >= 4 is 5.97 Å². The quantitative estimate of drug-likeness (QED) is 0.476. The molecule has 0 aliphatic rings. The number of allylic oxidation sites excluding steroid dienone is 1. The van der Waals surface area contributed by atoms with Crippen molar-refractivity contribution < 1.29 is 14.6 Å². The molecular formula is C9H17O3-. The second kappa shape index (κ2) is 10.0. The number of ether oxygens (including phenoxy) is 1. The Hall–Kier alpha value is -0.990. The molecule has 0 aromatic carbocycles. The zero-order valence-electron chi connectivity index (χ0n) is 8.05. The van der Waals surface area contributed by atoms with Crippen molar-refractivity contribution in [3.05, 3.63) is 12.3 Å². The largest absolute Gasteiger partial charge is 0.876 e. The SMILES string of the molecule is C=C([O-])CCC.CCOC(C)=O. The van der Waals surface area contributed by atoms with Crippen molar-refractivity contribution in [3.63, 3.8) is 0 Å². The van der Waals surface area contributed by atoms with Gasteiger partial charge in [-0.1, -0.05) is 13.3 Å². The first-order valence-corrected chi connectivity index (χ1v) is 4.02. The molecule has 0 radical (unpaired) electrons. The lowest BCUT2D eigenvalue weighted by Crippen LogP contribution is -1.99. The van der Waals surface area contributed by atoms with E-state index >= 15 is 0 Å². The minimum Gasteiger partial charge on any atom is -0.876 e. The Morgan fingerprint density at radius 1 is 1.50 bits per heavy atom. The van der Waals surface area contributed by atoms with E-state index in [9.17, 15) is 9.90 Å². The molecule has 3 heteroatoms. The van der Waals surface area contributed by atoms with Gasteiger partial charge in [-0.25, -0.2) is 0 Å². The van der Waals surface area contributed by atoms with Gasteiger partial charge in [0.25, 0.3) is 0 Å². The molecule has 0 heterocycles. The predicted octanol–water partition coefficient (Wildman–Crippen LogP) is 1.23. The Kier molecular flexibility index (Phi) is 11.3. The van der Waals surface area contributed by atoms with Crippen LogP contribution in [0.2, 0.25) is 0 Å². The minimum atomic E-state index is -0.211. The third-order valence-electron chi connectivity index (χ3n) is 0.876. The molecule has 0 unspecified atom stereocenters. The van der Waals surface area contributed by atoms with E-state index in [1.807, 2.05) is 6.92 Å². The van der Waals surface area contributed by atoms with Crippen molar-refractivity contribution in [2.45, 2.75) is 33.6 Å². The summed E-state index contributed by atoms with van der Waals surface area (Å²) in [5.74, 6) is -0.171. The Morgan fingerprint density at radius 3 is 2.00 bits per heavy atom. The highest BCUT2D eigenvalue weighted by Crippen LogP contribution is 1.89. The molecule has 0 aromatic heterocycles. The van der Waals surface area contributed by atoms with Crippen LogP contribution in [-0.4, -0.2) is 12.6 Å². The summed E-state index contributed by atoms with van der Waals surface area (Å²) in [5, 5.41) is 9.93. The lowest BCUT2D eigenvalue weighted by atomic mass is 10.3. The number of carbonyl (C=O) groups is 1. The summed E-state index contributed by atoms with van der Waals surface area (Å²) in [4.78, 5) is 9.82. The summed E-state index contributed by atoms with van der Waals surface area (Å²) in [7, 11) is 0. The summed E-state index contributed by atoms with van der Waals surface area (Å²) in [6.45, 7) is 8.80. The van der Waals surface area contributed by atoms with E-state index < -0.39 is 0 Å². The molecule has 0 aromatic rings. The topological polar surface area (TPSA) is 49.4 Å². The third-order valence-corrected chi connectivity index (χ3v) is 0.876. The molecule has 0 amide bonds. The third kappa shape index (κ3) is 23.0. The van der Waals surface area contributed by atoms with Gasteiger partial charge in [0.1, 0.15) is 0 Å². The lowest BCUT2D eigenvalue weighted by Gasteiger charge is -2.03. The lowest BCUT2D eigenvalue weighted by molar-refractivity contribution is -0.305. The molecule has 0 atom stereocenters. The number of hydrogen-bond donors (Lipinski definition) is 0. The van der Waals surface area contributed by atoms with Gasteiger partial charge in [0, 0.05) is 6.92 Å². The molecule has 0 N–H and O–H groups in total. The summed E-state index contributed by atoms with van der Waals surface area (Å²) in [6.07, 6.45) is 1.54. The number of hydrogen-bond acceptors (Lipinski definition) is 3. The summed E-state index contributed by atoms with van der Waals surface area (Å²) in [5.41, 5.74) is 0. The number of esters is 1. The van der Waals surface area contributed by atoms with Crippen LogP contribution in [0.25, 0.3) is 0 Å². The van der Waals surface area contributed by atoms with E-state index in [-0.39, 0.29) is 11.7 Å². The maximum Gasteiger partial charge on any atom is 0.302 e. The summed E-state index contributed by atoms with van der Waals surface area (Å²) in [6, 6.07) is 0. The van der Waals surface area contributed by atoms with Crippen LogP contribution in [0.3, 0.4) is 0 Å². The van der Waals surface area contributed by atoms with Gasteiger partial charge >= 0.3 is 5.97 Å². The van der Waals surface area contributed by atoms with Crippen LogP contribution in [0, 0.1) is 0 Å². The normalized spacial score (nSPS) is 7.92. The van der Waals surface area contributed by atoms with Gasteiger partial charge in [0.15, 0.2) is 0 Å². The first-order chi connectivity index (χ1) is 5.54. The minimum absolute atomic E-state index is 0.0394. The molecule has 72 valence electrons. The van der Waals surface area contributed by atoms with Crippen molar-refractivity contribution in [1.82, 2.24) is 0 Å². The fourth-order valence-electron chi connectivity index (χ4n) is 0.482. The Balaban J connectivity index is 0. The molecule has 0 saturated carbocycles. The average molecular weight is 173 g/mol. The maximum atomic E-state index is 9.93. The van der Waals surface area contributed by atoms with Gasteiger partial charge in [-0.15, -0.1) is 12.3 Å². The van der Waals surface area contributed by atoms with Crippen LogP contribution in [0.15, 0.2) is 12.3 Å². The van der Waals surface area contributed by atoms with Gasteiger partial charge in [-0.05, 0) is 13.3 Å². The molecular weight excluding hydrogens is 156 g/mol. The number of carbonyl (C=O) groups excluding carboxylic acids is 1. The van der Waals surface area contributed by atoms with Gasteiger partial charge < -0.3 is 9.84 Å². The van der Waals surface area contributed by atoms with Crippen LogP contribution >= 0.6 is 0 Å². The van der Waals surface area contributed by atoms with Gasteiger partial charge in [0.05, 0.1) is 6.61 Å². The summed E-state index contributed by atoms with van der Waals surface area (Å²) >= 11 is 0. The molecule has 0 aliphatic heterocycles. The molecule has 0 saturated heterocycles. The highest BCUT2D eigenvalue weighted by atomic mass is 16.5. The maximum absolute atomic E-state index is 9.93. The van der Waals surface area contributed by atoms with Crippen LogP contribution in [0.4, 0.5) is 0 Å². The average Bonchev–Trinajstić information content (AvgIpc) is 1.87. The standard InChI is InChI=1S/C5H10O.C4H8O2/c1-3-4-5(2)6;1-3-6-4(2)5/h6H,2-4H2,1H3;3H2,1-2H3/p-1. The highest BCUT2D eigenvalue weighted by Gasteiger charge is 1.81. The van der Waals surface area contributed by atoms with E-state index in [0.29, 0.717) is 13.0 Å².